The maximum atomic E-state index is 12.1. The highest BCUT2D eigenvalue weighted by atomic mass is 16.3. The van der Waals surface area contributed by atoms with Crippen molar-refractivity contribution in [1.82, 2.24) is 20.1 Å². The van der Waals surface area contributed by atoms with Crippen LogP contribution in [0.2, 0.25) is 0 Å². The molecule has 0 bridgehead atoms. The van der Waals surface area contributed by atoms with Crippen molar-refractivity contribution in [1.29, 1.82) is 0 Å². The normalized spacial score (nSPS) is 19.4. The van der Waals surface area contributed by atoms with Gasteiger partial charge in [-0.3, -0.25) is 9.89 Å². The van der Waals surface area contributed by atoms with Crippen molar-refractivity contribution < 1.29 is 9.21 Å². The highest BCUT2D eigenvalue weighted by Crippen LogP contribution is 2.28. The summed E-state index contributed by atoms with van der Waals surface area (Å²) in [7, 11) is 0. The first-order valence-corrected chi connectivity index (χ1v) is 5.93. The van der Waals surface area contributed by atoms with E-state index in [-0.39, 0.29) is 5.91 Å². The van der Waals surface area contributed by atoms with E-state index in [1.54, 1.807) is 4.90 Å². The number of carbonyl (C=O) groups is 1. The minimum atomic E-state index is -0.0906. The molecule has 2 aromatic heterocycles. The van der Waals surface area contributed by atoms with Crippen molar-refractivity contribution in [2.24, 2.45) is 0 Å². The topological polar surface area (TPSA) is 75.0 Å². The molecule has 0 aromatic carbocycles. The minimum Gasteiger partial charge on any atom is -0.438 e. The third-order valence-corrected chi connectivity index (χ3v) is 3.39. The van der Waals surface area contributed by atoms with Gasteiger partial charge in [0.05, 0.1) is 12.4 Å². The Morgan fingerprint density at radius 3 is 3.11 bits per heavy atom. The van der Waals surface area contributed by atoms with E-state index in [0.29, 0.717) is 18.2 Å². The van der Waals surface area contributed by atoms with Gasteiger partial charge in [0.15, 0.2) is 6.39 Å². The van der Waals surface area contributed by atoms with E-state index >= 15 is 0 Å². The molecular formula is C12H14N4O2. The number of rotatable bonds is 2. The Bertz CT molecular complexity index is 546. The second kappa shape index (κ2) is 4.29. The van der Waals surface area contributed by atoms with Crippen LogP contribution in [0.25, 0.3) is 0 Å². The van der Waals surface area contributed by atoms with Crippen molar-refractivity contribution >= 4 is 5.91 Å². The number of amides is 1. The molecule has 1 fully saturated rings. The molecule has 3 heterocycles. The van der Waals surface area contributed by atoms with Gasteiger partial charge in [-0.2, -0.15) is 5.10 Å². The van der Waals surface area contributed by atoms with Gasteiger partial charge in [-0.05, 0) is 18.9 Å². The van der Waals surface area contributed by atoms with Crippen molar-refractivity contribution in [3.05, 3.63) is 35.8 Å². The lowest BCUT2D eigenvalue weighted by Gasteiger charge is -2.14. The fourth-order valence-electron chi connectivity index (χ4n) is 2.43. The van der Waals surface area contributed by atoms with Crippen LogP contribution in [0.15, 0.2) is 23.2 Å². The first-order valence-electron chi connectivity index (χ1n) is 5.93. The highest BCUT2D eigenvalue weighted by Gasteiger charge is 2.30. The largest absolute Gasteiger partial charge is 0.438 e. The first kappa shape index (κ1) is 11.0. The van der Waals surface area contributed by atoms with Gasteiger partial charge >= 0.3 is 0 Å². The van der Waals surface area contributed by atoms with Crippen molar-refractivity contribution in [3.8, 4) is 0 Å². The monoisotopic (exact) mass is 246 g/mol. The molecule has 0 spiro atoms. The molecule has 0 saturated carbocycles. The molecule has 6 heteroatoms. The summed E-state index contributed by atoms with van der Waals surface area (Å²) in [6.07, 6.45) is 5.50. The van der Waals surface area contributed by atoms with Gasteiger partial charge in [0, 0.05) is 24.7 Å². The fraction of sp³-hybridized carbons (Fsp3) is 0.417. The van der Waals surface area contributed by atoms with E-state index in [1.165, 1.54) is 12.6 Å². The summed E-state index contributed by atoms with van der Waals surface area (Å²) < 4.78 is 5.03. The number of H-pyrrole nitrogens is 1. The quantitative estimate of drug-likeness (QED) is 0.867. The van der Waals surface area contributed by atoms with E-state index < -0.39 is 0 Å². The molecule has 1 aliphatic rings. The maximum Gasteiger partial charge on any atom is 0.291 e. The van der Waals surface area contributed by atoms with Crippen LogP contribution in [-0.2, 0) is 0 Å². The zero-order chi connectivity index (χ0) is 12.5. The van der Waals surface area contributed by atoms with Gasteiger partial charge in [-0.15, -0.1) is 0 Å². The number of aryl methyl sites for hydroxylation is 1. The third-order valence-electron chi connectivity index (χ3n) is 3.39. The zero-order valence-corrected chi connectivity index (χ0v) is 10.1. The van der Waals surface area contributed by atoms with Crippen LogP contribution >= 0.6 is 0 Å². The number of aromatic nitrogens is 3. The summed E-state index contributed by atoms with van der Waals surface area (Å²) >= 11 is 0. The van der Waals surface area contributed by atoms with Gasteiger partial charge < -0.3 is 9.32 Å². The molecule has 94 valence electrons. The van der Waals surface area contributed by atoms with Gasteiger partial charge in [0.2, 0.25) is 5.76 Å². The molecule has 18 heavy (non-hydrogen) atoms. The molecule has 0 radical (unpaired) electrons. The molecule has 3 rings (SSSR count). The predicted octanol–water partition coefficient (Wildman–Crippen LogP) is 1.34. The van der Waals surface area contributed by atoms with Crippen molar-refractivity contribution in [2.75, 3.05) is 13.1 Å². The molecule has 1 N–H and O–H groups in total. The molecule has 2 aromatic rings. The number of nitrogens with one attached hydrogen (secondary N) is 1. The van der Waals surface area contributed by atoms with Crippen LogP contribution in [0.5, 0.6) is 0 Å². The number of likely N-dealkylation sites (tertiary alicyclic amines) is 1. The van der Waals surface area contributed by atoms with E-state index in [2.05, 4.69) is 15.2 Å². The fourth-order valence-corrected chi connectivity index (χ4v) is 2.43. The lowest BCUT2D eigenvalue weighted by molar-refractivity contribution is 0.0759. The number of carbonyl (C=O) groups excluding carboxylic acids is 1. The molecular weight excluding hydrogens is 232 g/mol. The zero-order valence-electron chi connectivity index (χ0n) is 10.1. The lowest BCUT2D eigenvalue weighted by Crippen LogP contribution is -2.28. The van der Waals surface area contributed by atoms with Crippen molar-refractivity contribution in [3.63, 3.8) is 0 Å². The minimum absolute atomic E-state index is 0.0906. The van der Waals surface area contributed by atoms with Gasteiger partial charge in [-0.25, -0.2) is 4.98 Å². The number of nitrogens with zero attached hydrogens (tertiary/aromatic N) is 3. The second-order valence-corrected chi connectivity index (χ2v) is 4.57. The number of hydrogen-bond acceptors (Lipinski definition) is 4. The molecule has 1 amide bonds. The van der Waals surface area contributed by atoms with Crippen LogP contribution in [0.3, 0.4) is 0 Å². The second-order valence-electron chi connectivity index (χ2n) is 4.57. The summed E-state index contributed by atoms with van der Waals surface area (Å²) in [5.74, 6) is 0.545. The van der Waals surface area contributed by atoms with Crippen molar-refractivity contribution in [2.45, 2.75) is 19.3 Å². The predicted molar refractivity (Wildman–Crippen MR) is 63.1 cm³/mol. The molecule has 6 nitrogen and oxygen atoms in total. The molecule has 0 unspecified atom stereocenters. The van der Waals surface area contributed by atoms with E-state index in [1.807, 2.05) is 13.1 Å². The van der Waals surface area contributed by atoms with E-state index in [0.717, 1.165) is 24.2 Å². The van der Waals surface area contributed by atoms with Gasteiger partial charge in [0.1, 0.15) is 0 Å². The van der Waals surface area contributed by atoms with Crippen LogP contribution in [0.1, 0.15) is 34.2 Å². The van der Waals surface area contributed by atoms with Crippen LogP contribution in [0.4, 0.5) is 0 Å². The summed E-state index contributed by atoms with van der Waals surface area (Å²) in [4.78, 5) is 17.6. The summed E-state index contributed by atoms with van der Waals surface area (Å²) in [6, 6.07) is 0. The van der Waals surface area contributed by atoms with Crippen LogP contribution in [-0.4, -0.2) is 39.1 Å². The number of hydrogen-bond donors (Lipinski definition) is 1. The smallest absolute Gasteiger partial charge is 0.291 e. The Morgan fingerprint density at radius 1 is 1.56 bits per heavy atom. The molecule has 1 aliphatic heterocycles. The van der Waals surface area contributed by atoms with E-state index in [4.69, 9.17) is 4.42 Å². The Morgan fingerprint density at radius 2 is 2.44 bits per heavy atom. The third kappa shape index (κ3) is 1.79. The first-order chi connectivity index (χ1) is 8.75. The average molecular weight is 246 g/mol. The Balaban J connectivity index is 1.73. The number of oxazole rings is 1. The average Bonchev–Trinajstić information content (AvgIpc) is 3.09. The maximum absolute atomic E-state index is 12.1. The molecule has 0 aliphatic carbocycles. The Kier molecular flexibility index (Phi) is 2.62. The molecule has 1 atom stereocenters. The Labute approximate surface area is 104 Å². The van der Waals surface area contributed by atoms with E-state index in [9.17, 15) is 4.79 Å². The molecule has 1 saturated heterocycles. The number of aromatic amines is 1. The van der Waals surface area contributed by atoms with Crippen LogP contribution < -0.4 is 0 Å². The summed E-state index contributed by atoms with van der Waals surface area (Å²) in [6.45, 7) is 3.46. The van der Waals surface area contributed by atoms with Crippen LogP contribution in [0, 0.1) is 6.92 Å². The summed E-state index contributed by atoms with van der Waals surface area (Å²) in [5.41, 5.74) is 2.27. The highest BCUT2D eigenvalue weighted by molar-refractivity contribution is 5.91. The Hall–Kier alpha value is -2.11. The SMILES string of the molecule is Cc1cn[nH]c1[C@H]1CCN(C(=O)c2cnco2)C1. The lowest BCUT2D eigenvalue weighted by atomic mass is 10.0. The standard InChI is InChI=1S/C12H14N4O2/c1-8-4-14-15-11(8)9-2-3-16(6-9)12(17)10-5-13-7-18-10/h4-5,7,9H,2-3,6H2,1H3,(H,14,15)/t9-/m0/s1. The van der Waals surface area contributed by atoms with Gasteiger partial charge in [-0.1, -0.05) is 0 Å². The van der Waals surface area contributed by atoms with Gasteiger partial charge in [0.25, 0.3) is 5.91 Å². The summed E-state index contributed by atoms with van der Waals surface area (Å²) in [5, 5.41) is 7.05.